The maximum atomic E-state index is 14.1. The second kappa shape index (κ2) is 9.53. The van der Waals surface area contributed by atoms with Gasteiger partial charge in [-0.3, -0.25) is 4.79 Å². The van der Waals surface area contributed by atoms with Crippen LogP contribution in [0.25, 0.3) is 0 Å². The highest BCUT2D eigenvalue weighted by Gasteiger charge is 2.57. The summed E-state index contributed by atoms with van der Waals surface area (Å²) in [5, 5.41) is 5.71. The van der Waals surface area contributed by atoms with E-state index in [1.54, 1.807) is 23.1 Å². The first-order chi connectivity index (χ1) is 19.6. The maximum Gasteiger partial charge on any atom is 0.319 e. The van der Waals surface area contributed by atoms with Crippen LogP contribution >= 0.6 is 0 Å². The number of anilines is 2. The molecule has 4 aromatic rings. The molecule has 0 saturated carbocycles. The largest absolute Gasteiger partial charge is 0.491 e. The van der Waals surface area contributed by atoms with Crippen LogP contribution < -0.4 is 34.5 Å². The molecule has 0 fully saturated rings. The van der Waals surface area contributed by atoms with Crippen LogP contribution in [-0.4, -0.2) is 38.4 Å². The van der Waals surface area contributed by atoms with Crippen molar-refractivity contribution in [3.05, 3.63) is 102 Å². The minimum Gasteiger partial charge on any atom is -0.491 e. The van der Waals surface area contributed by atoms with E-state index in [1.165, 1.54) is 0 Å². The first-order valence-electron chi connectivity index (χ1n) is 13.0. The molecule has 2 N–H and O–H groups in total. The first kappa shape index (κ1) is 23.9. The third-order valence-electron chi connectivity index (χ3n) is 7.37. The number of urea groups is 1. The number of nitrogens with one attached hydrogen (secondary N) is 2. The van der Waals surface area contributed by atoms with Crippen LogP contribution in [0.3, 0.4) is 0 Å². The molecule has 1 atom stereocenters. The van der Waals surface area contributed by atoms with E-state index >= 15 is 0 Å². The number of fused-ring (bicyclic) bond motifs is 5. The van der Waals surface area contributed by atoms with Crippen molar-refractivity contribution in [2.45, 2.75) is 5.41 Å². The topological polar surface area (TPSA) is 98.4 Å². The van der Waals surface area contributed by atoms with Gasteiger partial charge in [0.25, 0.3) is 0 Å². The number of rotatable bonds is 6. The van der Waals surface area contributed by atoms with E-state index in [9.17, 15) is 9.59 Å². The number of hydrogen-bond donors (Lipinski definition) is 2. The summed E-state index contributed by atoms with van der Waals surface area (Å²) >= 11 is 0. The highest BCUT2D eigenvalue weighted by Crippen LogP contribution is 2.54. The van der Waals surface area contributed by atoms with Gasteiger partial charge in [0.05, 0.1) is 5.69 Å². The van der Waals surface area contributed by atoms with Gasteiger partial charge in [0.1, 0.15) is 23.5 Å². The van der Waals surface area contributed by atoms with Crippen molar-refractivity contribution in [1.29, 1.82) is 0 Å². The minimum atomic E-state index is -0.983. The van der Waals surface area contributed by atoms with Crippen LogP contribution in [-0.2, 0) is 10.2 Å². The first-order valence-corrected chi connectivity index (χ1v) is 13.0. The zero-order chi connectivity index (χ0) is 27.1. The van der Waals surface area contributed by atoms with Gasteiger partial charge in [0, 0.05) is 30.4 Å². The lowest BCUT2D eigenvalue weighted by Crippen LogP contribution is -2.45. The van der Waals surface area contributed by atoms with E-state index in [2.05, 4.69) is 10.6 Å². The average molecular weight is 536 g/mol. The van der Waals surface area contributed by atoms with Crippen LogP contribution in [0, 0.1) is 0 Å². The zero-order valence-electron chi connectivity index (χ0n) is 21.4. The quantitative estimate of drug-likeness (QED) is 0.359. The lowest BCUT2D eigenvalue weighted by atomic mass is 9.77. The van der Waals surface area contributed by atoms with E-state index < -0.39 is 11.4 Å². The van der Waals surface area contributed by atoms with E-state index in [-0.39, 0.29) is 32.4 Å². The van der Waals surface area contributed by atoms with Crippen molar-refractivity contribution in [2.75, 3.05) is 36.7 Å². The summed E-state index contributed by atoms with van der Waals surface area (Å²) < 4.78 is 23.0. The summed E-state index contributed by atoms with van der Waals surface area (Å²) in [4.78, 5) is 28.6. The van der Waals surface area contributed by atoms with Gasteiger partial charge in [0.2, 0.25) is 12.7 Å². The van der Waals surface area contributed by atoms with Crippen molar-refractivity contribution in [2.24, 2.45) is 0 Å². The number of amides is 3. The molecule has 0 saturated heterocycles. The standard InChI is InChI=1S/C31H25N3O6/c35-29-31(18-37-26-17-28-27(16-22(26)31)38-19-39-28)21-10-4-6-12-24(21)34(29)15-14-32-30(36)33-23-11-5-7-13-25(23)40-20-8-2-1-3-9-20/h1-13,16-17H,14-15,18-19H2,(H2,32,33,36). The summed E-state index contributed by atoms with van der Waals surface area (Å²) in [6.45, 7) is 0.841. The van der Waals surface area contributed by atoms with Gasteiger partial charge in [-0.1, -0.05) is 48.5 Å². The van der Waals surface area contributed by atoms with Gasteiger partial charge in [-0.2, -0.15) is 0 Å². The SMILES string of the molecule is O=C(NCCN1C(=O)C2(COc3cc4c(cc32)OCO4)c2ccccc21)Nc1ccccc1Oc1ccccc1. The molecule has 3 heterocycles. The molecule has 3 aliphatic heterocycles. The Morgan fingerprint density at radius 3 is 2.48 bits per heavy atom. The summed E-state index contributed by atoms with van der Waals surface area (Å²) in [5.41, 5.74) is 1.98. The molecule has 9 nitrogen and oxygen atoms in total. The Morgan fingerprint density at radius 1 is 0.850 bits per heavy atom. The van der Waals surface area contributed by atoms with Gasteiger partial charge >= 0.3 is 6.03 Å². The lowest BCUT2D eigenvalue weighted by molar-refractivity contribution is -0.122. The fourth-order valence-electron chi connectivity index (χ4n) is 5.51. The molecule has 1 unspecified atom stereocenters. The van der Waals surface area contributed by atoms with Crippen molar-refractivity contribution in [3.63, 3.8) is 0 Å². The third-order valence-corrected chi connectivity index (χ3v) is 7.37. The predicted molar refractivity (Wildman–Crippen MR) is 148 cm³/mol. The molecule has 200 valence electrons. The van der Waals surface area contributed by atoms with Crippen molar-refractivity contribution in [3.8, 4) is 28.7 Å². The second-order valence-corrected chi connectivity index (χ2v) is 9.66. The number of hydrogen-bond acceptors (Lipinski definition) is 6. The zero-order valence-corrected chi connectivity index (χ0v) is 21.4. The molecule has 0 radical (unpaired) electrons. The molecule has 9 heteroatoms. The smallest absolute Gasteiger partial charge is 0.319 e. The number of ether oxygens (including phenoxy) is 4. The molecule has 0 bridgehead atoms. The molecular formula is C31H25N3O6. The number of carbonyl (C=O) groups excluding carboxylic acids is 2. The van der Waals surface area contributed by atoms with Gasteiger partial charge in [-0.05, 0) is 42.0 Å². The molecule has 40 heavy (non-hydrogen) atoms. The van der Waals surface area contributed by atoms with E-state index in [0.717, 1.165) is 16.8 Å². The second-order valence-electron chi connectivity index (χ2n) is 9.66. The Labute approximate surface area is 230 Å². The summed E-state index contributed by atoms with van der Waals surface area (Å²) in [7, 11) is 0. The Hall–Kier alpha value is -5.18. The van der Waals surface area contributed by atoms with Crippen molar-refractivity contribution >= 4 is 23.3 Å². The van der Waals surface area contributed by atoms with Gasteiger partial charge in [-0.15, -0.1) is 0 Å². The third kappa shape index (κ3) is 3.86. The van der Waals surface area contributed by atoms with Crippen LogP contribution in [0.2, 0.25) is 0 Å². The molecular weight excluding hydrogens is 510 g/mol. The van der Waals surface area contributed by atoms with Crippen LogP contribution in [0.15, 0.2) is 91.0 Å². The molecule has 1 spiro atoms. The fraction of sp³-hybridized carbons (Fsp3) is 0.161. The van der Waals surface area contributed by atoms with Crippen molar-refractivity contribution < 1.29 is 28.5 Å². The van der Waals surface area contributed by atoms with E-state index in [4.69, 9.17) is 18.9 Å². The van der Waals surface area contributed by atoms with Gasteiger partial charge < -0.3 is 34.5 Å². The Morgan fingerprint density at radius 2 is 1.60 bits per heavy atom. The van der Waals surface area contributed by atoms with Crippen LogP contribution in [0.1, 0.15) is 11.1 Å². The summed E-state index contributed by atoms with van der Waals surface area (Å²) in [5.74, 6) is 2.91. The molecule has 7 rings (SSSR count). The monoisotopic (exact) mass is 535 g/mol. The van der Waals surface area contributed by atoms with Crippen LogP contribution in [0.4, 0.5) is 16.2 Å². The summed E-state index contributed by atoms with van der Waals surface area (Å²) in [6, 6.07) is 27.5. The molecule has 4 aromatic carbocycles. The van der Waals surface area contributed by atoms with Gasteiger partial charge in [-0.25, -0.2) is 4.79 Å². The maximum absolute atomic E-state index is 14.1. The highest BCUT2D eigenvalue weighted by molar-refractivity contribution is 6.11. The number of para-hydroxylation sites is 4. The van der Waals surface area contributed by atoms with Crippen molar-refractivity contribution in [1.82, 2.24) is 5.32 Å². The Kier molecular flexibility index (Phi) is 5.70. The highest BCUT2D eigenvalue weighted by atomic mass is 16.7. The number of nitrogens with zero attached hydrogens (tertiary/aromatic N) is 1. The van der Waals surface area contributed by atoms with Gasteiger partial charge in [0.15, 0.2) is 17.2 Å². The molecule has 3 aliphatic rings. The molecule has 3 amide bonds. The molecule has 0 aliphatic carbocycles. The summed E-state index contributed by atoms with van der Waals surface area (Å²) in [6.07, 6.45) is 0. The van der Waals surface area contributed by atoms with E-state index in [0.29, 0.717) is 34.4 Å². The fourth-order valence-corrected chi connectivity index (χ4v) is 5.51. The minimum absolute atomic E-state index is 0.102. The number of carbonyl (C=O) groups is 2. The normalized spacial score (nSPS) is 17.8. The Balaban J connectivity index is 1.06. The Bertz CT molecular complexity index is 1620. The van der Waals surface area contributed by atoms with E-state index in [1.807, 2.05) is 72.8 Å². The average Bonchev–Trinajstić information content (AvgIpc) is 3.66. The van der Waals surface area contributed by atoms with Crippen LogP contribution in [0.5, 0.6) is 28.7 Å². The molecule has 0 aromatic heterocycles. The predicted octanol–water partition coefficient (Wildman–Crippen LogP) is 5.05. The lowest BCUT2D eigenvalue weighted by Gasteiger charge is -2.23. The number of benzene rings is 4.